The summed E-state index contributed by atoms with van der Waals surface area (Å²) in [6.07, 6.45) is 0.705. The van der Waals surface area contributed by atoms with Crippen LogP contribution in [0.4, 0.5) is 17.1 Å². The van der Waals surface area contributed by atoms with E-state index in [4.69, 9.17) is 4.74 Å². The number of aliphatic hydroxyl groups is 1. The van der Waals surface area contributed by atoms with E-state index in [0.29, 0.717) is 23.5 Å². The minimum atomic E-state index is -3.01. The average molecular weight is 540 g/mol. The molecule has 0 aliphatic carbocycles. The lowest BCUT2D eigenvalue weighted by Gasteiger charge is -2.32. The molecular weight excluding hydrogens is 506 g/mol. The highest BCUT2D eigenvalue weighted by Crippen LogP contribution is 2.61. The van der Waals surface area contributed by atoms with Gasteiger partial charge in [0.15, 0.2) is 13.9 Å². The van der Waals surface area contributed by atoms with E-state index in [1.165, 1.54) is 17.0 Å². The van der Waals surface area contributed by atoms with Gasteiger partial charge in [0.2, 0.25) is 5.91 Å². The van der Waals surface area contributed by atoms with Crippen molar-refractivity contribution in [3.05, 3.63) is 64.2 Å². The normalized spacial score (nSPS) is 28.8. The molecule has 1 spiro atoms. The summed E-state index contributed by atoms with van der Waals surface area (Å²) in [4.78, 5) is 53.6. The summed E-state index contributed by atoms with van der Waals surface area (Å²) in [5.41, 5.74) is -0.794. The zero-order chi connectivity index (χ0) is 27.4. The van der Waals surface area contributed by atoms with Crippen LogP contribution in [0.3, 0.4) is 0 Å². The summed E-state index contributed by atoms with van der Waals surface area (Å²) in [7, 11) is -3.01. The zero-order valence-corrected chi connectivity index (χ0v) is 22.7. The second-order valence-electron chi connectivity index (χ2n) is 11.1. The van der Waals surface area contributed by atoms with Gasteiger partial charge in [-0.3, -0.25) is 24.6 Å². The Morgan fingerprint density at radius 3 is 2.58 bits per heavy atom. The number of carbonyl (C=O) groups is 2. The minimum absolute atomic E-state index is 0.0485. The first-order chi connectivity index (χ1) is 18.0. The molecule has 3 heterocycles. The number of nitro benzene ring substituents is 1. The van der Waals surface area contributed by atoms with E-state index in [2.05, 4.69) is 0 Å². The molecule has 3 aliphatic heterocycles. The molecule has 2 aromatic rings. The lowest BCUT2D eigenvalue weighted by molar-refractivity contribution is -0.385. The van der Waals surface area contributed by atoms with E-state index >= 15 is 0 Å². The number of amides is 2. The van der Waals surface area contributed by atoms with E-state index < -0.39 is 36.4 Å². The first-order valence-electron chi connectivity index (χ1n) is 13.0. The monoisotopic (exact) mass is 539 g/mol. The van der Waals surface area contributed by atoms with Crippen molar-refractivity contribution in [2.24, 2.45) is 5.92 Å². The summed E-state index contributed by atoms with van der Waals surface area (Å²) in [6, 6.07) is 13.1. The summed E-state index contributed by atoms with van der Waals surface area (Å²) < 4.78 is 6.64. The number of nitrogens with zero attached hydrogens (tertiary/aromatic N) is 3. The summed E-state index contributed by atoms with van der Waals surface area (Å²) in [6.45, 7) is 5.79. The lowest BCUT2D eigenvalue weighted by atomic mass is 9.82. The number of fused-ring (bicyclic) bond motifs is 2. The topological polar surface area (TPSA) is 133 Å². The number of rotatable bonds is 6. The highest BCUT2D eigenvalue weighted by molar-refractivity contribution is 6.71. The van der Waals surface area contributed by atoms with Crippen LogP contribution in [-0.2, 0) is 19.9 Å². The number of hydrogen-bond acceptors (Lipinski definition) is 7. The van der Waals surface area contributed by atoms with Gasteiger partial charge in [-0.15, -0.1) is 0 Å². The third kappa shape index (κ3) is 4.05. The number of ether oxygens (including phenoxy) is 1. The van der Waals surface area contributed by atoms with Crippen molar-refractivity contribution < 1.29 is 29.2 Å². The number of carbonyl (C=O) groups excluding carboxylic acids is 2. The second kappa shape index (κ2) is 9.56. The predicted octanol–water partition coefficient (Wildman–Crippen LogP) is 3.44. The molecule has 10 nitrogen and oxygen atoms in total. The van der Waals surface area contributed by atoms with Crippen LogP contribution in [0.1, 0.15) is 31.7 Å². The van der Waals surface area contributed by atoms with Gasteiger partial charge >= 0.3 is 0 Å². The summed E-state index contributed by atoms with van der Waals surface area (Å²) in [5.74, 6) is -1.14. The molecule has 0 unspecified atom stereocenters. The molecule has 2 aromatic carbocycles. The zero-order valence-electron chi connectivity index (χ0n) is 21.7. The highest BCUT2D eigenvalue weighted by atomic mass is 28.4. The Morgan fingerprint density at radius 1 is 1.24 bits per heavy atom. The predicted molar refractivity (Wildman–Crippen MR) is 142 cm³/mol. The Balaban J connectivity index is 1.61. The molecule has 2 N–H and O–H groups in total. The van der Waals surface area contributed by atoms with Crippen molar-refractivity contribution >= 4 is 37.2 Å². The van der Waals surface area contributed by atoms with Gasteiger partial charge in [0.05, 0.1) is 35.8 Å². The maximum atomic E-state index is 14.4. The highest BCUT2D eigenvalue weighted by Gasteiger charge is 2.67. The van der Waals surface area contributed by atoms with Crippen LogP contribution in [0.5, 0.6) is 0 Å². The fourth-order valence-electron chi connectivity index (χ4n) is 6.78. The standard InChI is InChI=1S/C27H33N3O7Si/c1-17-25(38(2,3)36)23(15-24(32)28-13-7-10-20(28)16-31)37-27(17)21-14-19(30(34)35)11-12-22(21)29(26(27)33)18-8-5-4-6-9-18/h4-6,8-9,11-12,14,17,20,23,25,31,36H,7,10,13,15-16H2,1-3H3/t17-,20-,23+,25-,27+/m0/s1. The van der Waals surface area contributed by atoms with Crippen LogP contribution in [-0.4, -0.2) is 65.2 Å². The Labute approximate surface area is 222 Å². The van der Waals surface area contributed by atoms with Crippen LogP contribution in [0.25, 0.3) is 0 Å². The SMILES string of the molecule is C[C@H]1[C@H]([Si](C)(C)O)[C@@H](CC(=O)N2CCC[C@H]2CO)O[C@]12C(=O)N(c1ccccc1)c1ccc([N+](=O)[O-])cc12. The molecule has 0 radical (unpaired) electrons. The maximum absolute atomic E-state index is 14.4. The van der Waals surface area contributed by atoms with E-state index in [-0.39, 0.29) is 36.6 Å². The van der Waals surface area contributed by atoms with Crippen molar-refractivity contribution in [3.63, 3.8) is 0 Å². The Hall–Kier alpha value is -3.12. The van der Waals surface area contributed by atoms with Gasteiger partial charge < -0.3 is 19.5 Å². The van der Waals surface area contributed by atoms with Gasteiger partial charge in [-0.05, 0) is 44.1 Å². The van der Waals surface area contributed by atoms with Crippen molar-refractivity contribution in [2.45, 2.75) is 62.6 Å². The van der Waals surface area contributed by atoms with Crippen LogP contribution >= 0.6 is 0 Å². The Morgan fingerprint density at radius 2 is 1.95 bits per heavy atom. The number of aliphatic hydroxyl groups excluding tert-OH is 1. The molecule has 3 aliphatic rings. The molecule has 11 heteroatoms. The molecule has 5 rings (SSSR count). The molecule has 2 fully saturated rings. The Bertz CT molecular complexity index is 1270. The number of non-ortho nitro benzene ring substituents is 1. The molecular formula is C27H33N3O7Si. The van der Waals surface area contributed by atoms with E-state index in [1.807, 2.05) is 13.0 Å². The van der Waals surface area contributed by atoms with E-state index in [9.17, 15) is 29.6 Å². The van der Waals surface area contributed by atoms with Gasteiger partial charge in [-0.25, -0.2) is 0 Å². The van der Waals surface area contributed by atoms with Gasteiger partial charge in [0, 0.05) is 41.4 Å². The number of hydrogen-bond donors (Lipinski definition) is 2. The third-order valence-corrected chi connectivity index (χ3v) is 10.9. The average Bonchev–Trinajstić information content (AvgIpc) is 3.53. The number of likely N-dealkylation sites (tertiary alicyclic amines) is 1. The van der Waals surface area contributed by atoms with Gasteiger partial charge in [0.1, 0.15) is 0 Å². The van der Waals surface area contributed by atoms with Crippen molar-refractivity contribution in [1.29, 1.82) is 0 Å². The quantitative estimate of drug-likeness (QED) is 0.326. The fraction of sp³-hybridized carbons (Fsp3) is 0.481. The Kier molecular flexibility index (Phi) is 6.67. The molecule has 2 amide bonds. The number of nitro groups is 1. The lowest BCUT2D eigenvalue weighted by Crippen LogP contribution is -2.45. The minimum Gasteiger partial charge on any atom is -0.432 e. The van der Waals surface area contributed by atoms with Crippen molar-refractivity contribution in [3.8, 4) is 0 Å². The van der Waals surface area contributed by atoms with Crippen LogP contribution in [0, 0.1) is 16.0 Å². The molecule has 0 bridgehead atoms. The molecule has 202 valence electrons. The molecule has 2 saturated heterocycles. The van der Waals surface area contributed by atoms with Crippen LogP contribution < -0.4 is 4.90 Å². The van der Waals surface area contributed by atoms with Crippen molar-refractivity contribution in [2.75, 3.05) is 18.1 Å². The van der Waals surface area contributed by atoms with Gasteiger partial charge in [0.25, 0.3) is 11.6 Å². The number of benzene rings is 2. The smallest absolute Gasteiger partial charge is 0.269 e. The van der Waals surface area contributed by atoms with Gasteiger partial charge in [-0.2, -0.15) is 0 Å². The third-order valence-electron chi connectivity index (χ3n) is 8.38. The molecule has 5 atom stereocenters. The van der Waals surface area contributed by atoms with Gasteiger partial charge in [-0.1, -0.05) is 25.1 Å². The van der Waals surface area contributed by atoms with E-state index in [1.54, 1.807) is 48.3 Å². The first kappa shape index (κ1) is 26.5. The first-order valence-corrected chi connectivity index (χ1v) is 16.0. The largest absolute Gasteiger partial charge is 0.432 e. The van der Waals surface area contributed by atoms with E-state index in [0.717, 1.165) is 12.8 Å². The maximum Gasteiger partial charge on any atom is 0.269 e. The van der Waals surface area contributed by atoms with Crippen LogP contribution in [0.15, 0.2) is 48.5 Å². The molecule has 0 saturated carbocycles. The number of para-hydroxylation sites is 1. The fourth-order valence-corrected chi connectivity index (χ4v) is 9.33. The van der Waals surface area contributed by atoms with Crippen molar-refractivity contribution in [1.82, 2.24) is 4.90 Å². The number of anilines is 2. The van der Waals surface area contributed by atoms with Crippen LogP contribution in [0.2, 0.25) is 18.6 Å². The second-order valence-corrected chi connectivity index (χ2v) is 15.0. The molecule has 38 heavy (non-hydrogen) atoms. The molecule has 0 aromatic heterocycles. The summed E-state index contributed by atoms with van der Waals surface area (Å²) in [5, 5.41) is 21.4. The summed E-state index contributed by atoms with van der Waals surface area (Å²) >= 11 is 0.